The van der Waals surface area contributed by atoms with Crippen LogP contribution >= 0.6 is 31.9 Å². The van der Waals surface area contributed by atoms with Gasteiger partial charge in [0.1, 0.15) is 5.82 Å². The van der Waals surface area contributed by atoms with Gasteiger partial charge in [-0.1, -0.05) is 31.9 Å². The summed E-state index contributed by atoms with van der Waals surface area (Å²) in [6.45, 7) is 3.51. The summed E-state index contributed by atoms with van der Waals surface area (Å²) in [6, 6.07) is 18.0. The summed E-state index contributed by atoms with van der Waals surface area (Å²) in [7, 11) is 0. The highest BCUT2D eigenvalue weighted by molar-refractivity contribution is 9.10. The number of halogens is 3. The minimum Gasteiger partial charge on any atom is -0.390 e. The molecule has 2 amide bonds. The lowest BCUT2D eigenvalue weighted by Crippen LogP contribution is -2.51. The van der Waals surface area contributed by atoms with E-state index in [4.69, 9.17) is 0 Å². The Labute approximate surface area is 219 Å². The third-order valence-electron chi connectivity index (χ3n) is 6.41. The Morgan fingerprint density at radius 3 is 2.03 bits per heavy atom. The van der Waals surface area contributed by atoms with Crippen molar-refractivity contribution in [2.75, 3.05) is 38.0 Å². The fourth-order valence-electron chi connectivity index (χ4n) is 4.68. The van der Waals surface area contributed by atoms with Gasteiger partial charge in [0, 0.05) is 69.2 Å². The van der Waals surface area contributed by atoms with Crippen LogP contribution in [0.4, 0.5) is 14.9 Å². The van der Waals surface area contributed by atoms with E-state index in [1.807, 2.05) is 12.1 Å². The normalized spacial score (nSPS) is 15.6. The molecule has 6 nitrogen and oxygen atoms in total. The van der Waals surface area contributed by atoms with Crippen LogP contribution in [0.2, 0.25) is 0 Å². The van der Waals surface area contributed by atoms with Crippen LogP contribution in [0.3, 0.4) is 0 Å². The summed E-state index contributed by atoms with van der Waals surface area (Å²) < 4.78 is 17.3. The highest BCUT2D eigenvalue weighted by Crippen LogP contribution is 2.33. The lowest BCUT2D eigenvalue weighted by atomic mass is 10.2. The van der Waals surface area contributed by atoms with Crippen molar-refractivity contribution in [1.29, 1.82) is 0 Å². The van der Waals surface area contributed by atoms with Crippen LogP contribution < -0.4 is 5.32 Å². The molecule has 0 radical (unpaired) electrons. The Kier molecular flexibility index (Phi) is 7.11. The molecule has 5 rings (SSSR count). The number of urea groups is 1. The van der Waals surface area contributed by atoms with Crippen molar-refractivity contribution in [3.63, 3.8) is 0 Å². The first-order valence-corrected chi connectivity index (χ1v) is 13.0. The van der Waals surface area contributed by atoms with Gasteiger partial charge in [0.05, 0.1) is 12.6 Å². The van der Waals surface area contributed by atoms with Gasteiger partial charge in [0.15, 0.2) is 0 Å². The second kappa shape index (κ2) is 10.3. The Bertz CT molecular complexity index is 1310. The molecule has 4 aromatic rings. The van der Waals surface area contributed by atoms with Gasteiger partial charge in [0.2, 0.25) is 0 Å². The minimum absolute atomic E-state index is 0.195. The molecule has 2 N–H and O–H groups in total. The van der Waals surface area contributed by atoms with Gasteiger partial charge in [-0.3, -0.25) is 4.90 Å². The standard InChI is InChI=1S/C26H25Br2FN4O2/c27-17-1-7-24-22(13-17)23-14-18(28)2-8-25(23)33(24)16-21(34)15-31-9-11-32(12-10-31)26(35)30-20-5-3-19(29)4-6-20/h1-8,13-14,21,34H,9-12,15-16H2,(H,30,35). The average molecular weight is 604 g/mol. The van der Waals surface area contributed by atoms with Gasteiger partial charge < -0.3 is 19.9 Å². The van der Waals surface area contributed by atoms with Crippen molar-refractivity contribution in [2.45, 2.75) is 12.6 Å². The first-order chi connectivity index (χ1) is 16.9. The fourth-order valence-corrected chi connectivity index (χ4v) is 5.40. The second-order valence-electron chi connectivity index (χ2n) is 8.81. The summed E-state index contributed by atoms with van der Waals surface area (Å²) >= 11 is 7.15. The van der Waals surface area contributed by atoms with Crippen LogP contribution in [-0.2, 0) is 6.54 Å². The Hall–Kier alpha value is -2.46. The van der Waals surface area contributed by atoms with Crippen molar-refractivity contribution in [1.82, 2.24) is 14.4 Å². The van der Waals surface area contributed by atoms with Crippen LogP contribution in [0.25, 0.3) is 21.8 Å². The molecular formula is C26H25Br2FN4O2. The number of aliphatic hydroxyl groups excluding tert-OH is 1. The lowest BCUT2D eigenvalue weighted by Gasteiger charge is -2.35. The maximum atomic E-state index is 13.1. The van der Waals surface area contributed by atoms with Gasteiger partial charge >= 0.3 is 6.03 Å². The minimum atomic E-state index is -0.555. The molecule has 182 valence electrons. The molecule has 1 aliphatic rings. The molecule has 1 aliphatic heterocycles. The zero-order chi connectivity index (χ0) is 24.5. The molecule has 0 spiro atoms. The summed E-state index contributed by atoms with van der Waals surface area (Å²) in [5.74, 6) is -0.336. The van der Waals surface area contributed by atoms with Gasteiger partial charge in [0.25, 0.3) is 0 Å². The van der Waals surface area contributed by atoms with E-state index >= 15 is 0 Å². The van der Waals surface area contributed by atoms with E-state index < -0.39 is 6.10 Å². The maximum absolute atomic E-state index is 13.1. The quantitative estimate of drug-likeness (QED) is 0.309. The fraction of sp³-hybridized carbons (Fsp3) is 0.269. The predicted molar refractivity (Wildman–Crippen MR) is 144 cm³/mol. The Morgan fingerprint density at radius 1 is 0.886 bits per heavy atom. The van der Waals surface area contributed by atoms with E-state index in [0.29, 0.717) is 45.0 Å². The van der Waals surface area contributed by atoms with Crippen LogP contribution in [-0.4, -0.2) is 64.3 Å². The summed E-state index contributed by atoms with van der Waals surface area (Å²) in [5, 5.41) is 16.1. The second-order valence-corrected chi connectivity index (χ2v) is 10.6. The Morgan fingerprint density at radius 2 is 1.46 bits per heavy atom. The first-order valence-electron chi connectivity index (χ1n) is 11.5. The molecule has 1 fully saturated rings. The Balaban J connectivity index is 1.22. The molecule has 1 aromatic heterocycles. The number of fused-ring (bicyclic) bond motifs is 3. The number of nitrogens with one attached hydrogen (secondary N) is 1. The van der Waals surface area contributed by atoms with Crippen molar-refractivity contribution >= 4 is 65.4 Å². The summed E-state index contributed by atoms with van der Waals surface area (Å²) in [6.07, 6.45) is -0.555. The molecule has 3 aromatic carbocycles. The molecule has 1 unspecified atom stereocenters. The van der Waals surface area contributed by atoms with Gasteiger partial charge in [-0.25, -0.2) is 9.18 Å². The number of aromatic nitrogens is 1. The van der Waals surface area contributed by atoms with E-state index in [-0.39, 0.29) is 11.8 Å². The number of rotatable bonds is 5. The molecule has 2 heterocycles. The molecule has 0 bridgehead atoms. The summed E-state index contributed by atoms with van der Waals surface area (Å²) in [4.78, 5) is 16.5. The van der Waals surface area contributed by atoms with Crippen molar-refractivity contribution < 1.29 is 14.3 Å². The third-order valence-corrected chi connectivity index (χ3v) is 7.39. The van der Waals surface area contributed by atoms with Gasteiger partial charge in [-0.15, -0.1) is 0 Å². The molecule has 1 atom stereocenters. The zero-order valence-corrected chi connectivity index (χ0v) is 22.1. The van der Waals surface area contributed by atoms with E-state index in [1.165, 1.54) is 12.1 Å². The number of hydrogen-bond donors (Lipinski definition) is 2. The number of hydrogen-bond acceptors (Lipinski definition) is 3. The summed E-state index contributed by atoms with van der Waals surface area (Å²) in [5.41, 5.74) is 2.74. The van der Waals surface area contributed by atoms with Crippen LogP contribution in [0.1, 0.15) is 0 Å². The monoisotopic (exact) mass is 602 g/mol. The van der Waals surface area contributed by atoms with Crippen molar-refractivity contribution in [3.05, 3.63) is 75.4 Å². The number of benzene rings is 3. The van der Waals surface area contributed by atoms with Gasteiger partial charge in [-0.05, 0) is 60.7 Å². The average Bonchev–Trinajstić information content (AvgIpc) is 3.12. The SMILES string of the molecule is O=C(Nc1ccc(F)cc1)N1CCN(CC(O)Cn2c3ccc(Br)cc3c3cc(Br)ccc32)CC1. The van der Waals surface area contributed by atoms with Crippen LogP contribution in [0.5, 0.6) is 0 Å². The highest BCUT2D eigenvalue weighted by Gasteiger charge is 2.23. The molecule has 0 saturated carbocycles. The number of amides is 2. The number of β-amino-alcohol motifs (C(OH)–C–C–N with tert-alkyl or cyclic N) is 1. The molecule has 35 heavy (non-hydrogen) atoms. The number of anilines is 1. The van der Waals surface area contributed by atoms with Crippen molar-refractivity contribution in [3.8, 4) is 0 Å². The number of carbonyl (C=O) groups excluding carboxylic acids is 1. The smallest absolute Gasteiger partial charge is 0.321 e. The highest BCUT2D eigenvalue weighted by atomic mass is 79.9. The first kappa shape index (κ1) is 24.2. The van der Waals surface area contributed by atoms with Crippen LogP contribution in [0.15, 0.2) is 69.6 Å². The predicted octanol–water partition coefficient (Wildman–Crippen LogP) is 5.67. The number of carbonyl (C=O) groups is 1. The molecule has 0 aliphatic carbocycles. The molecule has 1 saturated heterocycles. The maximum Gasteiger partial charge on any atom is 0.321 e. The van der Waals surface area contributed by atoms with Crippen molar-refractivity contribution in [2.24, 2.45) is 0 Å². The number of piperazine rings is 1. The number of nitrogens with zero attached hydrogens (tertiary/aromatic N) is 3. The number of aliphatic hydroxyl groups is 1. The largest absolute Gasteiger partial charge is 0.390 e. The molecule has 9 heteroatoms. The zero-order valence-electron chi connectivity index (χ0n) is 18.9. The topological polar surface area (TPSA) is 60.7 Å². The van der Waals surface area contributed by atoms with Crippen LogP contribution in [0, 0.1) is 5.82 Å². The lowest BCUT2D eigenvalue weighted by molar-refractivity contribution is 0.0749. The van der Waals surface area contributed by atoms with E-state index in [9.17, 15) is 14.3 Å². The van der Waals surface area contributed by atoms with E-state index in [1.54, 1.807) is 17.0 Å². The van der Waals surface area contributed by atoms with Gasteiger partial charge in [-0.2, -0.15) is 0 Å². The third kappa shape index (κ3) is 5.38. The van der Waals surface area contributed by atoms with E-state index in [2.05, 4.69) is 70.9 Å². The molecular weight excluding hydrogens is 579 g/mol. The van der Waals surface area contributed by atoms with E-state index in [0.717, 1.165) is 30.8 Å².